The molecular weight excluding hydrogens is 274 g/mol. The van der Waals surface area contributed by atoms with Crippen LogP contribution in [0.15, 0.2) is 0 Å². The van der Waals surface area contributed by atoms with E-state index in [1.54, 1.807) is 0 Å². The van der Waals surface area contributed by atoms with Crippen LogP contribution in [0.5, 0.6) is 0 Å². The Balaban J connectivity index is 4.93. The smallest absolute Gasteiger partial charge is 0.321 e. The van der Waals surface area contributed by atoms with Crippen LogP contribution in [-0.2, 0) is 4.79 Å². The third-order valence-corrected chi connectivity index (χ3v) is 2.74. The maximum Gasteiger partial charge on any atom is 0.321 e. The summed E-state index contributed by atoms with van der Waals surface area (Å²) in [4.78, 5) is 12.3. The van der Waals surface area contributed by atoms with E-state index in [1.165, 1.54) is 0 Å². The van der Waals surface area contributed by atoms with Crippen molar-refractivity contribution in [3.05, 3.63) is 0 Å². The van der Waals surface area contributed by atoms with Crippen LogP contribution in [0.25, 0.3) is 0 Å². The average Bonchev–Trinajstić information content (AvgIpc) is 2.42. The molecule has 9 nitrogen and oxygen atoms in total. The third kappa shape index (κ3) is 7.10. The zero-order valence-electron chi connectivity index (χ0n) is 11.0. The number of hydrogen-bond donors (Lipinski definition) is 7. The van der Waals surface area contributed by atoms with E-state index in [2.05, 4.69) is 0 Å². The quantitative estimate of drug-likeness (QED) is 0.203. The summed E-state index contributed by atoms with van der Waals surface area (Å²) < 4.78 is 0. The van der Waals surface area contributed by atoms with Gasteiger partial charge in [0.2, 0.25) is 0 Å². The molecule has 0 aromatic carbocycles. The lowest BCUT2D eigenvalue weighted by Gasteiger charge is -2.32. The molecule has 120 valence electrons. The highest BCUT2D eigenvalue weighted by Gasteiger charge is 2.30. The zero-order valence-corrected chi connectivity index (χ0v) is 11.0. The Bertz CT molecular complexity index is 265. The Morgan fingerprint density at radius 3 is 1.55 bits per heavy atom. The van der Waals surface area contributed by atoms with Gasteiger partial charge in [0.1, 0.15) is 6.04 Å². The number of rotatable bonds is 11. The third-order valence-electron chi connectivity index (χ3n) is 2.74. The summed E-state index contributed by atoms with van der Waals surface area (Å²) in [6.45, 7) is -2.34. The summed E-state index contributed by atoms with van der Waals surface area (Å²) in [5.74, 6) is -1.31. The highest BCUT2D eigenvalue weighted by Crippen LogP contribution is 2.10. The van der Waals surface area contributed by atoms with E-state index in [4.69, 9.17) is 20.4 Å². The van der Waals surface area contributed by atoms with Crippen molar-refractivity contribution in [1.29, 1.82) is 0 Å². The second-order valence-corrected chi connectivity index (χ2v) is 4.55. The van der Waals surface area contributed by atoms with Crippen LogP contribution in [0.3, 0.4) is 0 Å². The molecule has 9 heteroatoms. The van der Waals surface area contributed by atoms with Gasteiger partial charge < -0.3 is 35.7 Å². The maximum atomic E-state index is 11.2. The second-order valence-electron chi connectivity index (χ2n) is 4.55. The Morgan fingerprint density at radius 2 is 1.25 bits per heavy atom. The van der Waals surface area contributed by atoms with Crippen LogP contribution in [0.4, 0.5) is 0 Å². The maximum absolute atomic E-state index is 11.2. The lowest BCUT2D eigenvalue weighted by Crippen LogP contribution is -2.50. The van der Waals surface area contributed by atoms with Crippen molar-refractivity contribution in [2.24, 2.45) is 0 Å². The molecule has 0 heterocycles. The van der Waals surface area contributed by atoms with Gasteiger partial charge in [-0.2, -0.15) is 0 Å². The molecule has 0 rings (SSSR count). The van der Waals surface area contributed by atoms with Gasteiger partial charge in [0.25, 0.3) is 0 Å². The van der Waals surface area contributed by atoms with Crippen LogP contribution in [0.1, 0.15) is 6.42 Å². The van der Waals surface area contributed by atoms with Crippen molar-refractivity contribution < 1.29 is 40.5 Å². The molecule has 20 heavy (non-hydrogen) atoms. The number of nitrogens with zero attached hydrogens (tertiary/aromatic N) is 1. The number of hydrogen-bond acceptors (Lipinski definition) is 8. The molecule has 0 aromatic rings. The first kappa shape index (κ1) is 19.2. The van der Waals surface area contributed by atoms with Crippen LogP contribution in [-0.4, -0.2) is 104 Å². The summed E-state index contributed by atoms with van der Waals surface area (Å²) in [5.41, 5.74) is 0. The molecule has 0 aromatic heterocycles. The normalized spacial score (nSPS) is 17.8. The summed E-state index contributed by atoms with van der Waals surface area (Å²) in [6.07, 6.45) is -4.04. The van der Waals surface area contributed by atoms with Crippen LogP contribution in [0, 0.1) is 0 Å². The van der Waals surface area contributed by atoms with Gasteiger partial charge in [-0.3, -0.25) is 9.69 Å². The molecule has 0 aliphatic heterocycles. The van der Waals surface area contributed by atoms with E-state index in [0.717, 1.165) is 4.90 Å². The Kier molecular flexibility index (Phi) is 9.59. The van der Waals surface area contributed by atoms with Crippen LogP contribution >= 0.6 is 0 Å². The lowest BCUT2D eigenvalue weighted by molar-refractivity contribution is -0.146. The summed E-state index contributed by atoms with van der Waals surface area (Å²) >= 11 is 0. The van der Waals surface area contributed by atoms with E-state index >= 15 is 0 Å². The zero-order chi connectivity index (χ0) is 15.7. The molecule has 0 aliphatic rings. The van der Waals surface area contributed by atoms with E-state index in [1.807, 2.05) is 0 Å². The van der Waals surface area contributed by atoms with Gasteiger partial charge in [0.05, 0.1) is 38.1 Å². The van der Waals surface area contributed by atoms with Gasteiger partial charge in [-0.1, -0.05) is 0 Å². The predicted molar refractivity (Wildman–Crippen MR) is 66.9 cm³/mol. The molecule has 0 saturated carbocycles. The Morgan fingerprint density at radius 1 is 0.850 bits per heavy atom. The average molecular weight is 297 g/mol. The molecule has 0 fully saturated rings. The van der Waals surface area contributed by atoms with Gasteiger partial charge in [0, 0.05) is 19.5 Å². The molecule has 0 amide bonds. The summed E-state index contributed by atoms with van der Waals surface area (Å²) in [6, 6.07) is -1.28. The first-order chi connectivity index (χ1) is 9.35. The van der Waals surface area contributed by atoms with Crippen molar-refractivity contribution in [2.45, 2.75) is 30.8 Å². The standard InChI is InChI=1S/C11H23NO8/c13-4-7(16)1-10(11(19)20)12(2-8(17)5-14)3-9(18)6-15/h7-10,13-18H,1-6H2,(H,19,20). The minimum absolute atomic E-state index is 0.261. The van der Waals surface area contributed by atoms with E-state index in [9.17, 15) is 20.1 Å². The molecule has 0 aliphatic carbocycles. The minimum atomic E-state index is -1.31. The van der Waals surface area contributed by atoms with Crippen molar-refractivity contribution in [2.75, 3.05) is 32.9 Å². The largest absolute Gasteiger partial charge is 0.480 e. The lowest BCUT2D eigenvalue weighted by atomic mass is 10.1. The van der Waals surface area contributed by atoms with Gasteiger partial charge in [-0.15, -0.1) is 0 Å². The molecule has 0 radical (unpaired) electrons. The number of carbonyl (C=O) groups is 1. The fourth-order valence-electron chi connectivity index (χ4n) is 1.72. The Hall–Kier alpha value is -0.810. The molecule has 7 N–H and O–H groups in total. The van der Waals surface area contributed by atoms with Gasteiger partial charge in [0.15, 0.2) is 0 Å². The van der Waals surface area contributed by atoms with Gasteiger partial charge >= 0.3 is 5.97 Å². The highest BCUT2D eigenvalue weighted by atomic mass is 16.4. The molecule has 4 atom stereocenters. The fraction of sp³-hybridized carbons (Fsp3) is 0.909. The molecular formula is C11H23NO8. The van der Waals surface area contributed by atoms with Crippen LogP contribution in [0.2, 0.25) is 0 Å². The monoisotopic (exact) mass is 297 g/mol. The fourth-order valence-corrected chi connectivity index (χ4v) is 1.72. The van der Waals surface area contributed by atoms with Gasteiger partial charge in [-0.25, -0.2) is 0 Å². The SMILES string of the molecule is O=C(O)C(CC(O)CO)N(CC(O)CO)CC(O)CO. The van der Waals surface area contributed by atoms with Gasteiger partial charge in [-0.05, 0) is 0 Å². The van der Waals surface area contributed by atoms with E-state index in [-0.39, 0.29) is 19.5 Å². The second kappa shape index (κ2) is 10.00. The number of carboxylic acids is 1. The first-order valence-electron chi connectivity index (χ1n) is 6.19. The highest BCUT2D eigenvalue weighted by molar-refractivity contribution is 5.73. The number of aliphatic hydroxyl groups is 6. The predicted octanol–water partition coefficient (Wildman–Crippen LogP) is -3.81. The minimum Gasteiger partial charge on any atom is -0.480 e. The van der Waals surface area contributed by atoms with Crippen molar-refractivity contribution >= 4 is 5.97 Å². The van der Waals surface area contributed by atoms with Crippen LogP contribution < -0.4 is 0 Å². The van der Waals surface area contributed by atoms with E-state index in [0.29, 0.717) is 0 Å². The first-order valence-corrected chi connectivity index (χ1v) is 6.19. The van der Waals surface area contributed by atoms with Crippen molar-refractivity contribution in [3.8, 4) is 0 Å². The summed E-state index contributed by atoms with van der Waals surface area (Å²) in [5, 5.41) is 63.6. The van der Waals surface area contributed by atoms with Crippen molar-refractivity contribution in [3.63, 3.8) is 0 Å². The number of carboxylic acid groups (broad SMARTS) is 1. The molecule has 0 saturated heterocycles. The number of aliphatic hydroxyl groups excluding tert-OH is 6. The molecule has 0 spiro atoms. The number of aliphatic carboxylic acids is 1. The van der Waals surface area contributed by atoms with Crippen molar-refractivity contribution in [1.82, 2.24) is 4.90 Å². The molecule has 4 unspecified atom stereocenters. The summed E-state index contributed by atoms with van der Waals surface area (Å²) in [7, 11) is 0. The molecule has 0 bridgehead atoms. The topological polar surface area (TPSA) is 162 Å². The van der Waals surface area contributed by atoms with E-state index < -0.39 is 50.1 Å². The Labute approximate surface area is 116 Å².